The monoisotopic (exact) mass is 349 g/mol. The summed E-state index contributed by atoms with van der Waals surface area (Å²) in [7, 11) is 0. The molecule has 2 bridgehead atoms. The molecule has 1 heterocycles. The number of hydrogen-bond acceptors (Lipinski definition) is 2. The molecule has 2 fully saturated rings. The van der Waals surface area contributed by atoms with E-state index in [0.29, 0.717) is 24.1 Å². The van der Waals surface area contributed by atoms with E-state index in [2.05, 4.69) is 17.9 Å². The van der Waals surface area contributed by atoms with Crippen molar-refractivity contribution in [3.63, 3.8) is 0 Å². The molecule has 3 atom stereocenters. The molecule has 1 aliphatic carbocycles. The van der Waals surface area contributed by atoms with Gasteiger partial charge in [-0.05, 0) is 48.4 Å². The standard InChI is InChI=1S/C23H27NO2/c1-17-21-11-6-12-23(17,19-9-5-10-20(25)16-19)13-14-24(21)22(26)15-18-7-3-2-4-8-18/h2-5,7-10,16-17,21,25H,6,11-15H2,1H3/t17-,21+,23+/m1/s1. The fourth-order valence-corrected chi connectivity index (χ4v) is 5.29. The van der Waals surface area contributed by atoms with Gasteiger partial charge in [0.1, 0.15) is 5.75 Å². The highest BCUT2D eigenvalue weighted by molar-refractivity contribution is 5.79. The van der Waals surface area contributed by atoms with Crippen molar-refractivity contribution in [1.29, 1.82) is 0 Å². The fraction of sp³-hybridized carbons (Fsp3) is 0.435. The molecular weight excluding hydrogens is 322 g/mol. The molecule has 4 rings (SSSR count). The Balaban J connectivity index is 1.57. The quantitative estimate of drug-likeness (QED) is 0.898. The van der Waals surface area contributed by atoms with Crippen molar-refractivity contribution in [2.24, 2.45) is 5.92 Å². The van der Waals surface area contributed by atoms with Crippen LogP contribution in [0.4, 0.5) is 0 Å². The van der Waals surface area contributed by atoms with Crippen molar-refractivity contribution < 1.29 is 9.90 Å². The van der Waals surface area contributed by atoms with Crippen LogP contribution >= 0.6 is 0 Å². The van der Waals surface area contributed by atoms with Crippen LogP contribution in [0.2, 0.25) is 0 Å². The third kappa shape index (κ3) is 2.90. The van der Waals surface area contributed by atoms with Crippen molar-refractivity contribution >= 4 is 5.91 Å². The molecule has 3 nitrogen and oxygen atoms in total. The molecule has 1 amide bonds. The van der Waals surface area contributed by atoms with E-state index in [1.54, 1.807) is 6.07 Å². The van der Waals surface area contributed by atoms with Gasteiger partial charge in [-0.3, -0.25) is 4.79 Å². The summed E-state index contributed by atoms with van der Waals surface area (Å²) >= 11 is 0. The van der Waals surface area contributed by atoms with Crippen molar-refractivity contribution in [1.82, 2.24) is 4.90 Å². The van der Waals surface area contributed by atoms with E-state index in [0.717, 1.165) is 37.8 Å². The van der Waals surface area contributed by atoms with E-state index >= 15 is 0 Å². The molecule has 0 spiro atoms. The van der Waals surface area contributed by atoms with E-state index in [-0.39, 0.29) is 11.3 Å². The predicted molar refractivity (Wildman–Crippen MR) is 103 cm³/mol. The van der Waals surface area contributed by atoms with E-state index < -0.39 is 0 Å². The molecule has 2 aromatic carbocycles. The fourth-order valence-electron chi connectivity index (χ4n) is 5.29. The summed E-state index contributed by atoms with van der Waals surface area (Å²) in [5.41, 5.74) is 2.42. The van der Waals surface area contributed by atoms with E-state index in [9.17, 15) is 9.90 Å². The van der Waals surface area contributed by atoms with Gasteiger partial charge in [0, 0.05) is 18.0 Å². The highest BCUT2D eigenvalue weighted by Gasteiger charge is 2.50. The topological polar surface area (TPSA) is 40.5 Å². The largest absolute Gasteiger partial charge is 0.508 e. The first-order chi connectivity index (χ1) is 12.6. The molecule has 0 radical (unpaired) electrons. The number of amides is 1. The van der Waals surface area contributed by atoms with Gasteiger partial charge in [0.05, 0.1) is 6.42 Å². The van der Waals surface area contributed by atoms with Gasteiger partial charge >= 0.3 is 0 Å². The van der Waals surface area contributed by atoms with Crippen LogP contribution in [-0.4, -0.2) is 28.5 Å². The zero-order chi connectivity index (χ0) is 18.1. The van der Waals surface area contributed by atoms with Crippen molar-refractivity contribution in [3.05, 3.63) is 65.7 Å². The van der Waals surface area contributed by atoms with Gasteiger partial charge in [-0.1, -0.05) is 55.8 Å². The highest BCUT2D eigenvalue weighted by Crippen LogP contribution is 2.51. The van der Waals surface area contributed by atoms with Crippen molar-refractivity contribution in [2.45, 2.75) is 50.5 Å². The lowest BCUT2D eigenvalue weighted by molar-refractivity contribution is -0.139. The van der Waals surface area contributed by atoms with Crippen LogP contribution in [0, 0.1) is 5.92 Å². The van der Waals surface area contributed by atoms with Gasteiger partial charge in [0.2, 0.25) is 5.91 Å². The molecule has 1 N–H and O–H groups in total. The van der Waals surface area contributed by atoms with Gasteiger partial charge in [0.15, 0.2) is 0 Å². The normalized spacial score (nSPS) is 28.0. The number of benzene rings is 2. The Kier molecular flexibility index (Phi) is 4.47. The zero-order valence-corrected chi connectivity index (χ0v) is 15.4. The molecule has 3 heteroatoms. The Labute approximate surface area is 155 Å². The van der Waals surface area contributed by atoms with E-state index in [1.165, 1.54) is 5.56 Å². The lowest BCUT2D eigenvalue weighted by Crippen LogP contribution is -2.59. The summed E-state index contributed by atoms with van der Waals surface area (Å²) in [6.45, 7) is 3.12. The average Bonchev–Trinajstić information content (AvgIpc) is 2.63. The smallest absolute Gasteiger partial charge is 0.227 e. The summed E-state index contributed by atoms with van der Waals surface area (Å²) in [5.74, 6) is 1.000. The molecule has 0 aromatic heterocycles. The number of hydrogen-bond donors (Lipinski definition) is 1. The summed E-state index contributed by atoms with van der Waals surface area (Å²) < 4.78 is 0. The third-order valence-electron chi connectivity index (χ3n) is 6.71. The molecule has 2 aliphatic rings. The van der Waals surface area contributed by atoms with Crippen LogP contribution in [0.25, 0.3) is 0 Å². The number of phenolic OH excluding ortho intramolecular Hbond substituents is 1. The number of carbonyl (C=O) groups is 1. The Hall–Kier alpha value is -2.29. The number of nitrogens with zero attached hydrogens (tertiary/aromatic N) is 1. The summed E-state index contributed by atoms with van der Waals surface area (Å²) in [6, 6.07) is 18.1. The Morgan fingerprint density at radius 3 is 2.73 bits per heavy atom. The van der Waals surface area contributed by atoms with Crippen LogP contribution in [0.15, 0.2) is 54.6 Å². The first kappa shape index (κ1) is 17.1. The van der Waals surface area contributed by atoms with Gasteiger partial charge in [0.25, 0.3) is 0 Å². The number of phenols is 1. The number of aromatic hydroxyl groups is 1. The maximum atomic E-state index is 13.0. The van der Waals surface area contributed by atoms with E-state index in [4.69, 9.17) is 0 Å². The van der Waals surface area contributed by atoms with E-state index in [1.807, 2.05) is 42.5 Å². The van der Waals surface area contributed by atoms with Gasteiger partial charge in [-0.2, -0.15) is 0 Å². The van der Waals surface area contributed by atoms with Crippen LogP contribution in [-0.2, 0) is 16.6 Å². The summed E-state index contributed by atoms with van der Waals surface area (Å²) in [6.07, 6.45) is 4.84. The second-order valence-electron chi connectivity index (χ2n) is 7.95. The number of piperidine rings is 1. The van der Waals surface area contributed by atoms with Crippen molar-refractivity contribution in [3.8, 4) is 5.75 Å². The minimum atomic E-state index is 0.0885. The number of fused-ring (bicyclic) bond motifs is 2. The summed E-state index contributed by atoms with van der Waals surface area (Å²) in [4.78, 5) is 15.1. The van der Waals surface area contributed by atoms with Gasteiger partial charge in [-0.15, -0.1) is 0 Å². The Morgan fingerprint density at radius 2 is 1.96 bits per heavy atom. The Morgan fingerprint density at radius 1 is 1.15 bits per heavy atom. The zero-order valence-electron chi connectivity index (χ0n) is 15.4. The van der Waals surface area contributed by atoms with Crippen LogP contribution in [0.3, 0.4) is 0 Å². The number of rotatable bonds is 3. The molecule has 26 heavy (non-hydrogen) atoms. The Bertz CT molecular complexity index is 788. The number of likely N-dealkylation sites (tertiary alicyclic amines) is 1. The van der Waals surface area contributed by atoms with Crippen LogP contribution in [0.1, 0.15) is 43.7 Å². The highest BCUT2D eigenvalue weighted by atomic mass is 16.3. The first-order valence-corrected chi connectivity index (χ1v) is 9.73. The molecule has 136 valence electrons. The van der Waals surface area contributed by atoms with Gasteiger partial charge < -0.3 is 10.0 Å². The first-order valence-electron chi connectivity index (χ1n) is 9.73. The molecule has 1 aliphatic heterocycles. The maximum absolute atomic E-state index is 13.0. The lowest BCUT2D eigenvalue weighted by Gasteiger charge is -2.55. The minimum Gasteiger partial charge on any atom is -0.508 e. The minimum absolute atomic E-state index is 0.0885. The second kappa shape index (κ2) is 6.79. The molecule has 1 saturated heterocycles. The molecule has 1 saturated carbocycles. The third-order valence-corrected chi connectivity index (χ3v) is 6.71. The van der Waals surface area contributed by atoms with Crippen LogP contribution in [0.5, 0.6) is 5.75 Å². The SMILES string of the molecule is C[C@@H]1[C@@H]2CCC[C@]1(c1cccc(O)c1)CCN2C(=O)Cc1ccccc1. The average molecular weight is 349 g/mol. The molecule has 2 aromatic rings. The molecule has 0 unspecified atom stereocenters. The lowest BCUT2D eigenvalue weighted by atomic mass is 9.57. The van der Waals surface area contributed by atoms with Gasteiger partial charge in [-0.25, -0.2) is 0 Å². The second-order valence-corrected chi connectivity index (χ2v) is 7.95. The van der Waals surface area contributed by atoms with Crippen LogP contribution < -0.4 is 0 Å². The number of carbonyl (C=O) groups excluding carboxylic acids is 1. The molecular formula is C23H27NO2. The van der Waals surface area contributed by atoms with Crippen molar-refractivity contribution in [2.75, 3.05) is 6.54 Å². The predicted octanol–water partition coefficient (Wildman–Crippen LogP) is 4.29. The maximum Gasteiger partial charge on any atom is 0.227 e. The summed E-state index contributed by atoms with van der Waals surface area (Å²) in [5, 5.41) is 9.96.